The van der Waals surface area contributed by atoms with Gasteiger partial charge in [-0.2, -0.15) is 0 Å². The third kappa shape index (κ3) is 6.61. The van der Waals surface area contributed by atoms with Gasteiger partial charge in [-0.1, -0.05) is 60.1 Å². The lowest BCUT2D eigenvalue weighted by molar-refractivity contribution is -0.141. The molecule has 186 valence electrons. The molecular formula is C30H30ClNO4. The highest BCUT2D eigenvalue weighted by molar-refractivity contribution is 6.30. The minimum absolute atomic E-state index is 0.0531. The van der Waals surface area contributed by atoms with Gasteiger partial charge < -0.3 is 10.0 Å². The molecule has 3 aromatic carbocycles. The summed E-state index contributed by atoms with van der Waals surface area (Å²) >= 11 is 5.95. The summed E-state index contributed by atoms with van der Waals surface area (Å²) in [5.41, 5.74) is 4.06. The van der Waals surface area contributed by atoms with Crippen LogP contribution in [0.15, 0.2) is 72.8 Å². The molecule has 1 atom stereocenters. The van der Waals surface area contributed by atoms with Gasteiger partial charge in [0.25, 0.3) is 5.91 Å². The molecule has 3 aromatic rings. The molecule has 1 aliphatic rings. The smallest absolute Gasteiger partial charge is 0.306 e. The van der Waals surface area contributed by atoms with Gasteiger partial charge in [-0.3, -0.25) is 14.4 Å². The van der Waals surface area contributed by atoms with Crippen LogP contribution in [0.2, 0.25) is 5.02 Å². The Bertz CT molecular complexity index is 1200. The van der Waals surface area contributed by atoms with Gasteiger partial charge in [0.05, 0.1) is 5.92 Å². The second-order valence-corrected chi connectivity index (χ2v) is 9.77. The molecule has 0 aliphatic carbocycles. The molecule has 6 heteroatoms. The average molecular weight is 504 g/mol. The van der Waals surface area contributed by atoms with E-state index in [4.69, 9.17) is 11.6 Å². The summed E-state index contributed by atoms with van der Waals surface area (Å²) in [7, 11) is 0. The number of ketones is 1. The molecular weight excluding hydrogens is 474 g/mol. The number of carbonyl (C=O) groups excluding carboxylic acids is 2. The first-order valence-electron chi connectivity index (χ1n) is 12.4. The van der Waals surface area contributed by atoms with E-state index in [0.717, 1.165) is 42.6 Å². The predicted octanol–water partition coefficient (Wildman–Crippen LogP) is 6.54. The Morgan fingerprint density at radius 1 is 0.778 bits per heavy atom. The van der Waals surface area contributed by atoms with E-state index in [0.29, 0.717) is 29.0 Å². The Hall–Kier alpha value is -3.44. The standard InChI is InChI=1S/C30H30ClNO4/c31-27-16-14-23(15-17-27)22-10-12-24(13-11-22)28(33)20-26(30(35)36)9-6-21-4-7-25(8-5-21)29(34)32-18-2-1-3-19-32/h4-5,7-8,10-17,26H,1-3,6,9,18-20H2,(H,35,36). The van der Waals surface area contributed by atoms with Gasteiger partial charge >= 0.3 is 5.97 Å². The molecule has 1 heterocycles. The molecule has 1 N–H and O–H groups in total. The number of aliphatic carboxylic acids is 1. The molecule has 1 aliphatic heterocycles. The number of carbonyl (C=O) groups is 3. The van der Waals surface area contributed by atoms with E-state index in [9.17, 15) is 19.5 Å². The molecule has 0 saturated carbocycles. The first-order valence-corrected chi connectivity index (χ1v) is 12.8. The first-order chi connectivity index (χ1) is 17.4. The maximum absolute atomic E-state index is 12.8. The Kier molecular flexibility index (Phi) is 8.55. The van der Waals surface area contributed by atoms with Crippen LogP contribution in [-0.2, 0) is 11.2 Å². The number of amides is 1. The highest BCUT2D eigenvalue weighted by Crippen LogP contribution is 2.24. The Morgan fingerprint density at radius 2 is 1.33 bits per heavy atom. The summed E-state index contributed by atoms with van der Waals surface area (Å²) in [6.07, 6.45) is 4.09. The molecule has 1 fully saturated rings. The number of piperidine rings is 1. The maximum Gasteiger partial charge on any atom is 0.306 e. The second kappa shape index (κ2) is 12.0. The number of carboxylic acids is 1. The number of hydrogen-bond donors (Lipinski definition) is 1. The highest BCUT2D eigenvalue weighted by Gasteiger charge is 2.22. The normalized spacial score (nSPS) is 14.3. The van der Waals surface area contributed by atoms with Gasteiger partial charge in [0.1, 0.15) is 0 Å². The van der Waals surface area contributed by atoms with Crippen molar-refractivity contribution in [1.82, 2.24) is 4.90 Å². The maximum atomic E-state index is 12.8. The van der Waals surface area contributed by atoms with Crippen molar-refractivity contribution in [2.45, 2.75) is 38.5 Å². The van der Waals surface area contributed by atoms with E-state index in [-0.39, 0.29) is 18.1 Å². The molecule has 1 saturated heterocycles. The molecule has 0 aromatic heterocycles. The van der Waals surface area contributed by atoms with Crippen LogP contribution in [0.25, 0.3) is 11.1 Å². The molecule has 1 unspecified atom stereocenters. The number of hydrogen-bond acceptors (Lipinski definition) is 3. The zero-order valence-electron chi connectivity index (χ0n) is 20.2. The largest absolute Gasteiger partial charge is 0.481 e. The molecule has 1 amide bonds. The minimum atomic E-state index is -0.974. The SMILES string of the molecule is O=C(CC(CCc1ccc(C(=O)N2CCCCC2)cc1)C(=O)O)c1ccc(-c2ccc(Cl)cc2)cc1. The summed E-state index contributed by atoms with van der Waals surface area (Å²) in [5, 5.41) is 10.4. The van der Waals surface area contributed by atoms with E-state index < -0.39 is 11.9 Å². The lowest BCUT2D eigenvalue weighted by Gasteiger charge is -2.26. The fourth-order valence-corrected chi connectivity index (χ4v) is 4.71. The third-order valence-electron chi connectivity index (χ3n) is 6.79. The monoisotopic (exact) mass is 503 g/mol. The van der Waals surface area contributed by atoms with Gasteiger partial charge in [-0.15, -0.1) is 0 Å². The quantitative estimate of drug-likeness (QED) is 0.336. The van der Waals surface area contributed by atoms with Crippen molar-refractivity contribution in [2.75, 3.05) is 13.1 Å². The molecule has 4 rings (SSSR count). The van der Waals surface area contributed by atoms with Gasteiger partial charge in [0.2, 0.25) is 0 Å². The van der Waals surface area contributed by atoms with Crippen LogP contribution in [0, 0.1) is 5.92 Å². The number of nitrogens with zero attached hydrogens (tertiary/aromatic N) is 1. The van der Waals surface area contributed by atoms with Crippen molar-refractivity contribution in [2.24, 2.45) is 5.92 Å². The lowest BCUT2D eigenvalue weighted by atomic mass is 9.91. The van der Waals surface area contributed by atoms with Crippen LogP contribution in [0.1, 0.15) is 58.4 Å². The van der Waals surface area contributed by atoms with Crippen LogP contribution in [-0.4, -0.2) is 40.8 Å². The summed E-state index contributed by atoms with van der Waals surface area (Å²) in [5.74, 6) is -1.88. The number of halogens is 1. The second-order valence-electron chi connectivity index (χ2n) is 9.34. The summed E-state index contributed by atoms with van der Waals surface area (Å²) < 4.78 is 0. The zero-order valence-corrected chi connectivity index (χ0v) is 20.9. The number of aryl methyl sites for hydroxylation is 1. The van der Waals surface area contributed by atoms with Gasteiger partial charge in [-0.25, -0.2) is 0 Å². The zero-order chi connectivity index (χ0) is 25.5. The van der Waals surface area contributed by atoms with Crippen molar-refractivity contribution in [3.63, 3.8) is 0 Å². The summed E-state index contributed by atoms with van der Waals surface area (Å²) in [4.78, 5) is 39.2. The van der Waals surface area contributed by atoms with Gasteiger partial charge in [0, 0.05) is 35.7 Å². The number of Topliss-reactive ketones (excluding diaryl/α,β-unsaturated/α-hetero) is 1. The van der Waals surface area contributed by atoms with E-state index >= 15 is 0 Å². The Morgan fingerprint density at radius 3 is 1.92 bits per heavy atom. The van der Waals surface area contributed by atoms with Gasteiger partial charge in [-0.05, 0) is 73.1 Å². The van der Waals surface area contributed by atoms with Crippen molar-refractivity contribution < 1.29 is 19.5 Å². The summed E-state index contributed by atoms with van der Waals surface area (Å²) in [6, 6.07) is 22.0. The fourth-order valence-electron chi connectivity index (χ4n) is 4.58. The van der Waals surface area contributed by atoms with Crippen LogP contribution in [0.5, 0.6) is 0 Å². The van der Waals surface area contributed by atoms with Crippen molar-refractivity contribution in [1.29, 1.82) is 0 Å². The Balaban J connectivity index is 1.33. The molecule has 0 bridgehead atoms. The average Bonchev–Trinajstić information content (AvgIpc) is 2.91. The van der Waals surface area contributed by atoms with Crippen LogP contribution in [0.4, 0.5) is 0 Å². The summed E-state index contributed by atoms with van der Waals surface area (Å²) in [6.45, 7) is 1.61. The minimum Gasteiger partial charge on any atom is -0.481 e. The Labute approximate surface area is 216 Å². The first kappa shape index (κ1) is 25.6. The highest BCUT2D eigenvalue weighted by atomic mass is 35.5. The third-order valence-corrected chi connectivity index (χ3v) is 7.04. The molecule has 0 spiro atoms. The predicted molar refractivity (Wildman–Crippen MR) is 141 cm³/mol. The number of carboxylic acid groups (broad SMARTS) is 1. The molecule has 36 heavy (non-hydrogen) atoms. The topological polar surface area (TPSA) is 74.7 Å². The molecule has 5 nitrogen and oxygen atoms in total. The fraction of sp³-hybridized carbons (Fsp3) is 0.300. The van der Waals surface area contributed by atoms with Crippen LogP contribution < -0.4 is 0 Å². The van der Waals surface area contributed by atoms with Crippen molar-refractivity contribution >= 4 is 29.3 Å². The van der Waals surface area contributed by atoms with E-state index in [2.05, 4.69) is 0 Å². The van der Waals surface area contributed by atoms with E-state index in [1.54, 1.807) is 12.1 Å². The van der Waals surface area contributed by atoms with Crippen molar-refractivity contribution in [3.05, 3.63) is 94.5 Å². The van der Waals surface area contributed by atoms with Crippen molar-refractivity contribution in [3.8, 4) is 11.1 Å². The van der Waals surface area contributed by atoms with Crippen LogP contribution in [0.3, 0.4) is 0 Å². The number of rotatable bonds is 9. The molecule has 0 radical (unpaired) electrons. The van der Waals surface area contributed by atoms with E-state index in [1.165, 1.54) is 6.42 Å². The number of benzene rings is 3. The van der Waals surface area contributed by atoms with E-state index in [1.807, 2.05) is 65.6 Å². The van der Waals surface area contributed by atoms with Crippen LogP contribution >= 0.6 is 11.6 Å². The van der Waals surface area contributed by atoms with Gasteiger partial charge in [0.15, 0.2) is 5.78 Å². The number of likely N-dealkylation sites (tertiary alicyclic amines) is 1. The lowest BCUT2D eigenvalue weighted by Crippen LogP contribution is -2.35.